The standard InChI is InChI=1S/C24H26N2O7S/c1-15(33-17-12-8-5-9-13-17)20(27)25-18-21(28)26-19(24(2,3)34(30,31)22(18)26)23(29)32-14-16-10-6-4-7-11-16/h4-13,15,18-19,22H,14H2,1-3H3,(H,25,27)/t15?,18-,19+,22-/m1/s1. The quantitative estimate of drug-likeness (QED) is 0.464. The van der Waals surface area contributed by atoms with Gasteiger partial charge in [-0.25, -0.2) is 13.2 Å². The first kappa shape index (κ1) is 23.7. The fourth-order valence-electron chi connectivity index (χ4n) is 4.26. The summed E-state index contributed by atoms with van der Waals surface area (Å²) in [7, 11) is -4.01. The van der Waals surface area contributed by atoms with Gasteiger partial charge in [-0.2, -0.15) is 0 Å². The average Bonchev–Trinajstić information content (AvgIpc) is 2.96. The highest BCUT2D eigenvalue weighted by Crippen LogP contribution is 2.46. The summed E-state index contributed by atoms with van der Waals surface area (Å²) in [5, 5.41) is 1.13. The zero-order valence-electron chi connectivity index (χ0n) is 19.0. The van der Waals surface area contributed by atoms with Crippen molar-refractivity contribution >= 4 is 27.6 Å². The number of fused-ring (bicyclic) bond motifs is 1. The van der Waals surface area contributed by atoms with E-state index in [0.29, 0.717) is 5.75 Å². The lowest BCUT2D eigenvalue weighted by Crippen LogP contribution is -2.72. The van der Waals surface area contributed by atoms with Gasteiger partial charge in [0.05, 0.1) is 0 Å². The Morgan fingerprint density at radius 3 is 2.26 bits per heavy atom. The highest BCUT2D eigenvalue weighted by Gasteiger charge is 2.72. The molecule has 1 N–H and O–H groups in total. The van der Waals surface area contributed by atoms with E-state index < -0.39 is 55.9 Å². The number of hydrogen-bond acceptors (Lipinski definition) is 7. The van der Waals surface area contributed by atoms with E-state index in [1.165, 1.54) is 20.8 Å². The number of benzene rings is 2. The first-order valence-corrected chi connectivity index (χ1v) is 12.4. The van der Waals surface area contributed by atoms with Gasteiger partial charge in [0, 0.05) is 0 Å². The fraction of sp³-hybridized carbons (Fsp3) is 0.375. The second-order valence-electron chi connectivity index (χ2n) is 8.84. The molecule has 1 unspecified atom stereocenters. The van der Waals surface area contributed by atoms with E-state index >= 15 is 0 Å². The van der Waals surface area contributed by atoms with Gasteiger partial charge in [0.2, 0.25) is 5.91 Å². The number of hydrogen-bond donors (Lipinski definition) is 1. The van der Waals surface area contributed by atoms with Crippen LogP contribution in [-0.2, 0) is 35.6 Å². The van der Waals surface area contributed by atoms with Crippen molar-refractivity contribution in [2.45, 2.75) is 55.7 Å². The first-order valence-electron chi connectivity index (χ1n) is 10.8. The largest absolute Gasteiger partial charge is 0.481 e. The summed E-state index contributed by atoms with van der Waals surface area (Å²) in [5.74, 6) is -1.63. The van der Waals surface area contributed by atoms with Crippen LogP contribution in [0.25, 0.3) is 0 Å². The molecule has 180 valence electrons. The third-order valence-corrected chi connectivity index (χ3v) is 9.06. The lowest BCUT2D eigenvalue weighted by Gasteiger charge is -2.43. The van der Waals surface area contributed by atoms with Gasteiger partial charge >= 0.3 is 5.97 Å². The molecule has 9 nitrogen and oxygen atoms in total. The van der Waals surface area contributed by atoms with Crippen LogP contribution in [0.1, 0.15) is 26.3 Å². The number of para-hydroxylation sites is 1. The summed E-state index contributed by atoms with van der Waals surface area (Å²) in [4.78, 5) is 39.5. The Labute approximate surface area is 198 Å². The molecule has 10 heteroatoms. The number of β-lactam (4-membered cyclic amide) rings is 1. The van der Waals surface area contributed by atoms with Crippen LogP contribution in [0.2, 0.25) is 0 Å². The molecule has 2 aliphatic rings. The van der Waals surface area contributed by atoms with Crippen molar-refractivity contribution in [3.8, 4) is 5.75 Å². The van der Waals surface area contributed by atoms with Gasteiger partial charge in [-0.1, -0.05) is 48.5 Å². The molecule has 4 atom stereocenters. The molecule has 34 heavy (non-hydrogen) atoms. The van der Waals surface area contributed by atoms with Gasteiger partial charge in [-0.15, -0.1) is 0 Å². The van der Waals surface area contributed by atoms with Gasteiger partial charge in [-0.3, -0.25) is 9.59 Å². The smallest absolute Gasteiger partial charge is 0.330 e. The minimum absolute atomic E-state index is 0.0481. The van der Waals surface area contributed by atoms with Crippen molar-refractivity contribution in [2.75, 3.05) is 0 Å². The summed E-state index contributed by atoms with van der Waals surface area (Å²) in [5.41, 5.74) is 0.735. The molecule has 0 aliphatic carbocycles. The molecule has 0 saturated carbocycles. The molecule has 2 heterocycles. The van der Waals surface area contributed by atoms with Crippen LogP contribution in [0.5, 0.6) is 5.75 Å². The Bertz CT molecular complexity index is 1200. The Morgan fingerprint density at radius 2 is 1.65 bits per heavy atom. The molecule has 2 fully saturated rings. The maximum Gasteiger partial charge on any atom is 0.330 e. The molecule has 2 aliphatic heterocycles. The summed E-state index contributed by atoms with van der Waals surface area (Å²) in [6, 6.07) is 15.0. The minimum atomic E-state index is -4.01. The maximum absolute atomic E-state index is 13.3. The van der Waals surface area contributed by atoms with Crippen LogP contribution in [0.4, 0.5) is 0 Å². The summed E-state index contributed by atoms with van der Waals surface area (Å²) in [6.07, 6.45) is -0.965. The number of ether oxygens (including phenoxy) is 2. The zero-order valence-corrected chi connectivity index (χ0v) is 19.8. The Kier molecular flexibility index (Phi) is 6.11. The normalized spacial score (nSPS) is 25.0. The summed E-state index contributed by atoms with van der Waals surface area (Å²) < 4.78 is 35.9. The zero-order chi connectivity index (χ0) is 24.7. The highest BCUT2D eigenvalue weighted by molar-refractivity contribution is 7.94. The molecule has 2 aromatic carbocycles. The average molecular weight is 487 g/mol. The maximum atomic E-state index is 13.3. The van der Waals surface area contributed by atoms with Crippen LogP contribution >= 0.6 is 0 Å². The number of nitrogens with one attached hydrogen (secondary N) is 1. The van der Waals surface area contributed by atoms with Crippen molar-refractivity contribution in [3.05, 3.63) is 66.2 Å². The predicted molar refractivity (Wildman–Crippen MR) is 122 cm³/mol. The van der Waals surface area contributed by atoms with E-state index in [2.05, 4.69) is 5.32 Å². The second-order valence-corrected chi connectivity index (χ2v) is 11.5. The van der Waals surface area contributed by atoms with Gasteiger partial charge < -0.3 is 19.7 Å². The molecule has 0 spiro atoms. The molecule has 0 radical (unpaired) electrons. The van der Waals surface area contributed by atoms with Crippen molar-refractivity contribution in [1.82, 2.24) is 10.2 Å². The number of esters is 1. The number of carbonyl (C=O) groups excluding carboxylic acids is 3. The SMILES string of the molecule is CC(Oc1ccccc1)C(=O)N[C@@H]1C(=O)N2[C@@H](C(=O)OCc3ccccc3)C(C)(C)S(=O)(=O)[C@H]12. The Hall–Kier alpha value is -3.40. The van der Waals surface area contributed by atoms with Gasteiger partial charge in [0.1, 0.15) is 29.2 Å². The monoisotopic (exact) mass is 486 g/mol. The lowest BCUT2D eigenvalue weighted by molar-refractivity contribution is -0.165. The number of nitrogens with zero attached hydrogens (tertiary/aromatic N) is 1. The highest BCUT2D eigenvalue weighted by atomic mass is 32.2. The summed E-state index contributed by atoms with van der Waals surface area (Å²) >= 11 is 0. The van der Waals surface area contributed by atoms with Crippen LogP contribution in [-0.4, -0.2) is 59.4 Å². The van der Waals surface area contributed by atoms with Crippen LogP contribution in [0, 0.1) is 0 Å². The van der Waals surface area contributed by atoms with E-state index in [4.69, 9.17) is 9.47 Å². The third-order valence-electron chi connectivity index (χ3n) is 6.24. The number of sulfone groups is 1. The van der Waals surface area contributed by atoms with Crippen molar-refractivity contribution < 1.29 is 32.3 Å². The van der Waals surface area contributed by atoms with E-state index in [1.54, 1.807) is 54.6 Å². The molecular formula is C24H26N2O7S. The van der Waals surface area contributed by atoms with Crippen LogP contribution < -0.4 is 10.1 Å². The van der Waals surface area contributed by atoms with Crippen molar-refractivity contribution in [3.63, 3.8) is 0 Å². The van der Waals surface area contributed by atoms with E-state index in [1.807, 2.05) is 6.07 Å². The second kappa shape index (κ2) is 8.75. The van der Waals surface area contributed by atoms with Gasteiger partial charge in [0.25, 0.3) is 5.91 Å². The van der Waals surface area contributed by atoms with Gasteiger partial charge in [-0.05, 0) is 38.5 Å². The van der Waals surface area contributed by atoms with E-state index in [-0.39, 0.29) is 6.61 Å². The topological polar surface area (TPSA) is 119 Å². The Balaban J connectivity index is 1.47. The van der Waals surface area contributed by atoms with Crippen molar-refractivity contribution in [1.29, 1.82) is 0 Å². The molecule has 0 aromatic heterocycles. The van der Waals surface area contributed by atoms with E-state index in [0.717, 1.165) is 10.5 Å². The summed E-state index contributed by atoms with van der Waals surface area (Å²) in [6.45, 7) is 4.23. The van der Waals surface area contributed by atoms with Crippen molar-refractivity contribution in [2.24, 2.45) is 0 Å². The van der Waals surface area contributed by atoms with Crippen LogP contribution in [0.3, 0.4) is 0 Å². The molecule has 2 amide bonds. The number of rotatable bonds is 7. The fourth-order valence-corrected chi connectivity index (χ4v) is 6.47. The first-order chi connectivity index (χ1) is 16.1. The van der Waals surface area contributed by atoms with E-state index in [9.17, 15) is 22.8 Å². The third kappa shape index (κ3) is 3.91. The molecular weight excluding hydrogens is 460 g/mol. The minimum Gasteiger partial charge on any atom is -0.481 e. The van der Waals surface area contributed by atoms with Gasteiger partial charge in [0.15, 0.2) is 21.3 Å². The predicted octanol–water partition coefficient (Wildman–Crippen LogP) is 1.43. The molecule has 2 aromatic rings. The molecule has 4 rings (SSSR count). The lowest BCUT2D eigenvalue weighted by atomic mass is 9.96. The number of amides is 2. The van der Waals surface area contributed by atoms with Crippen LogP contribution in [0.15, 0.2) is 60.7 Å². The number of carbonyl (C=O) groups is 3. The molecule has 0 bridgehead atoms. The molecule has 2 saturated heterocycles. The Morgan fingerprint density at radius 1 is 1.06 bits per heavy atom.